The first-order valence-electron chi connectivity index (χ1n) is 9.27. The summed E-state index contributed by atoms with van der Waals surface area (Å²) in [6.45, 7) is 3.35. The molecule has 2 unspecified atom stereocenters. The van der Waals surface area contributed by atoms with E-state index in [-0.39, 0.29) is 31.1 Å². The van der Waals surface area contributed by atoms with Gasteiger partial charge in [-0.3, -0.25) is 5.43 Å². The highest BCUT2D eigenvalue weighted by atomic mass is 35.5. The number of nitrogens with one attached hydrogen (secondary N) is 3. The molecule has 1 fully saturated rings. The van der Waals surface area contributed by atoms with Crippen LogP contribution in [0.25, 0.3) is 0 Å². The van der Waals surface area contributed by atoms with Gasteiger partial charge in [0.2, 0.25) is 6.79 Å². The van der Waals surface area contributed by atoms with Crippen LogP contribution in [0.2, 0.25) is 0 Å². The molecule has 0 amide bonds. The predicted octanol–water partition coefficient (Wildman–Crippen LogP) is 2.80. The standard InChI is InChI=1S/C20H24FN3O3.ClH/c21-16-4-1-2-5-17(16)25-9-3-8-22-11-15-12-23-24-20(15)14-6-7-18-19(10-14)27-13-26-18;/h1-2,4-7,10,15,20,22-24H,3,8-9,11-13H2;1H. The summed E-state index contributed by atoms with van der Waals surface area (Å²) in [5.41, 5.74) is 7.76. The first-order valence-corrected chi connectivity index (χ1v) is 9.27. The van der Waals surface area contributed by atoms with Gasteiger partial charge in [-0.2, -0.15) is 0 Å². The molecule has 0 radical (unpaired) electrons. The van der Waals surface area contributed by atoms with Crippen LogP contribution in [0.1, 0.15) is 18.0 Å². The lowest BCUT2D eigenvalue weighted by Crippen LogP contribution is -2.29. The summed E-state index contributed by atoms with van der Waals surface area (Å²) < 4.78 is 29.8. The van der Waals surface area contributed by atoms with Crippen LogP contribution in [0.4, 0.5) is 4.39 Å². The van der Waals surface area contributed by atoms with E-state index in [1.165, 1.54) is 11.6 Å². The Labute approximate surface area is 170 Å². The van der Waals surface area contributed by atoms with E-state index < -0.39 is 0 Å². The van der Waals surface area contributed by atoms with Gasteiger partial charge in [-0.1, -0.05) is 18.2 Å². The molecule has 0 aliphatic carbocycles. The zero-order valence-corrected chi connectivity index (χ0v) is 16.3. The first-order chi connectivity index (χ1) is 13.3. The summed E-state index contributed by atoms with van der Waals surface area (Å²) in [6, 6.07) is 12.8. The van der Waals surface area contributed by atoms with Gasteiger partial charge in [0.05, 0.1) is 12.6 Å². The second-order valence-corrected chi connectivity index (χ2v) is 6.71. The Morgan fingerprint density at radius 1 is 1.14 bits per heavy atom. The molecule has 4 rings (SSSR count). The molecule has 152 valence electrons. The Morgan fingerprint density at radius 3 is 2.89 bits per heavy atom. The predicted molar refractivity (Wildman–Crippen MR) is 107 cm³/mol. The monoisotopic (exact) mass is 409 g/mol. The van der Waals surface area contributed by atoms with Crippen molar-refractivity contribution in [2.24, 2.45) is 5.92 Å². The van der Waals surface area contributed by atoms with Crippen molar-refractivity contribution in [2.75, 3.05) is 33.0 Å². The molecule has 2 heterocycles. The summed E-state index contributed by atoms with van der Waals surface area (Å²) in [6.07, 6.45) is 0.816. The second kappa shape index (κ2) is 9.93. The Balaban J connectivity index is 0.00000225. The SMILES string of the molecule is Cl.Fc1ccccc1OCCCNCC1CNNC1c1ccc2c(c1)OCO2. The highest BCUT2D eigenvalue weighted by Gasteiger charge is 2.29. The Kier molecular flexibility index (Phi) is 7.33. The van der Waals surface area contributed by atoms with Gasteiger partial charge in [0.1, 0.15) is 0 Å². The minimum atomic E-state index is -0.319. The maximum atomic E-state index is 13.5. The third kappa shape index (κ3) is 4.86. The van der Waals surface area contributed by atoms with Gasteiger partial charge in [0.15, 0.2) is 23.1 Å². The molecule has 0 saturated carbocycles. The van der Waals surface area contributed by atoms with E-state index in [4.69, 9.17) is 14.2 Å². The van der Waals surface area contributed by atoms with Gasteiger partial charge in [-0.15, -0.1) is 12.4 Å². The summed E-state index contributed by atoms with van der Waals surface area (Å²) in [4.78, 5) is 0. The molecule has 3 N–H and O–H groups in total. The van der Waals surface area contributed by atoms with Crippen LogP contribution in [0, 0.1) is 11.7 Å². The van der Waals surface area contributed by atoms with E-state index in [1.807, 2.05) is 12.1 Å². The van der Waals surface area contributed by atoms with E-state index in [0.29, 0.717) is 18.3 Å². The molecule has 6 nitrogen and oxygen atoms in total. The smallest absolute Gasteiger partial charge is 0.231 e. The van der Waals surface area contributed by atoms with Crippen molar-refractivity contribution >= 4 is 12.4 Å². The fraction of sp³-hybridized carbons (Fsp3) is 0.400. The van der Waals surface area contributed by atoms with Crippen molar-refractivity contribution in [3.05, 3.63) is 53.8 Å². The van der Waals surface area contributed by atoms with Crippen LogP contribution in [0.5, 0.6) is 17.2 Å². The highest BCUT2D eigenvalue weighted by Crippen LogP contribution is 2.36. The number of para-hydroxylation sites is 1. The average Bonchev–Trinajstić information content (AvgIpc) is 3.34. The molecule has 2 atom stereocenters. The number of rotatable bonds is 8. The van der Waals surface area contributed by atoms with Crippen LogP contribution in [-0.4, -0.2) is 33.0 Å². The highest BCUT2D eigenvalue weighted by molar-refractivity contribution is 5.85. The maximum Gasteiger partial charge on any atom is 0.231 e. The molecule has 0 spiro atoms. The van der Waals surface area contributed by atoms with Gasteiger partial charge >= 0.3 is 0 Å². The van der Waals surface area contributed by atoms with Crippen molar-refractivity contribution in [2.45, 2.75) is 12.5 Å². The molecular weight excluding hydrogens is 385 g/mol. The number of hydrazine groups is 1. The number of benzene rings is 2. The van der Waals surface area contributed by atoms with Crippen LogP contribution >= 0.6 is 12.4 Å². The van der Waals surface area contributed by atoms with E-state index in [2.05, 4.69) is 22.2 Å². The Morgan fingerprint density at radius 2 is 2.00 bits per heavy atom. The minimum Gasteiger partial charge on any atom is -0.490 e. The lowest BCUT2D eigenvalue weighted by Gasteiger charge is -2.19. The second-order valence-electron chi connectivity index (χ2n) is 6.71. The molecule has 1 saturated heterocycles. The van der Waals surface area contributed by atoms with Crippen molar-refractivity contribution < 1.29 is 18.6 Å². The van der Waals surface area contributed by atoms with E-state index in [1.54, 1.807) is 18.2 Å². The molecule has 0 aromatic heterocycles. The minimum absolute atomic E-state index is 0. The van der Waals surface area contributed by atoms with Gasteiger partial charge in [0, 0.05) is 19.0 Å². The van der Waals surface area contributed by atoms with Gasteiger partial charge in [-0.05, 0) is 42.8 Å². The van der Waals surface area contributed by atoms with Crippen molar-refractivity contribution in [1.82, 2.24) is 16.2 Å². The fourth-order valence-electron chi connectivity index (χ4n) is 3.42. The molecule has 0 bridgehead atoms. The van der Waals surface area contributed by atoms with Gasteiger partial charge < -0.3 is 19.5 Å². The van der Waals surface area contributed by atoms with Crippen molar-refractivity contribution in [3.63, 3.8) is 0 Å². The number of hydrogen-bond donors (Lipinski definition) is 3. The summed E-state index contributed by atoms with van der Waals surface area (Å²) in [7, 11) is 0. The van der Waals surface area contributed by atoms with Crippen LogP contribution < -0.4 is 30.4 Å². The Bertz CT molecular complexity index is 780. The van der Waals surface area contributed by atoms with Gasteiger partial charge in [-0.25, -0.2) is 9.82 Å². The molecule has 8 heteroatoms. The molecule has 2 aromatic carbocycles. The largest absolute Gasteiger partial charge is 0.490 e. The molecule has 2 aliphatic rings. The van der Waals surface area contributed by atoms with Gasteiger partial charge in [0.25, 0.3) is 0 Å². The van der Waals surface area contributed by atoms with Crippen LogP contribution in [0.3, 0.4) is 0 Å². The molecule has 2 aliphatic heterocycles. The number of ether oxygens (including phenoxy) is 3. The number of halogens is 2. The maximum absolute atomic E-state index is 13.5. The van der Waals surface area contributed by atoms with Crippen molar-refractivity contribution in [1.29, 1.82) is 0 Å². The van der Waals surface area contributed by atoms with E-state index in [0.717, 1.165) is 37.6 Å². The zero-order chi connectivity index (χ0) is 18.5. The van der Waals surface area contributed by atoms with Crippen LogP contribution in [-0.2, 0) is 0 Å². The normalized spacial score (nSPS) is 20.0. The summed E-state index contributed by atoms with van der Waals surface area (Å²) in [5, 5.41) is 3.47. The fourth-order valence-corrected chi connectivity index (χ4v) is 3.42. The zero-order valence-electron chi connectivity index (χ0n) is 15.4. The lowest BCUT2D eigenvalue weighted by molar-refractivity contribution is 0.174. The molecular formula is C20H25ClFN3O3. The van der Waals surface area contributed by atoms with Crippen molar-refractivity contribution in [3.8, 4) is 17.2 Å². The number of hydrogen-bond acceptors (Lipinski definition) is 6. The molecule has 2 aromatic rings. The molecule has 28 heavy (non-hydrogen) atoms. The Hall–Kier alpha value is -2.06. The third-order valence-corrected chi connectivity index (χ3v) is 4.85. The first kappa shape index (κ1) is 20.7. The summed E-state index contributed by atoms with van der Waals surface area (Å²) >= 11 is 0. The van der Waals surface area contributed by atoms with Crippen LogP contribution in [0.15, 0.2) is 42.5 Å². The summed E-state index contributed by atoms with van der Waals surface area (Å²) in [5.74, 6) is 2.01. The average molecular weight is 410 g/mol. The quantitative estimate of drug-likeness (QED) is 0.583. The topological polar surface area (TPSA) is 63.8 Å². The lowest BCUT2D eigenvalue weighted by atomic mass is 9.94. The number of fused-ring (bicyclic) bond motifs is 1. The van der Waals surface area contributed by atoms with E-state index in [9.17, 15) is 4.39 Å². The third-order valence-electron chi connectivity index (χ3n) is 4.85. The van der Waals surface area contributed by atoms with E-state index >= 15 is 0 Å².